The minimum atomic E-state index is -4.06. The van der Waals surface area contributed by atoms with Crippen molar-refractivity contribution in [2.45, 2.75) is 11.5 Å². The van der Waals surface area contributed by atoms with Gasteiger partial charge in [-0.25, -0.2) is 22.2 Å². The molecule has 0 bridgehead atoms. The summed E-state index contributed by atoms with van der Waals surface area (Å²) in [5.74, 6) is 0. The molecule has 0 aliphatic carbocycles. The fraction of sp³-hybridized carbons (Fsp3) is 0.167. The Balaban J connectivity index is 3.45. The normalized spacial score (nSPS) is 12.1. The average molecular weight is 388 g/mol. The molecule has 84 valence electrons. The molecule has 9 heteroatoms. The Labute approximate surface area is 107 Å². The van der Waals surface area contributed by atoms with E-state index < -0.39 is 31.2 Å². The Morgan fingerprint density at radius 2 is 2.00 bits per heavy atom. The number of aromatic nitrogens is 1. The van der Waals surface area contributed by atoms with Gasteiger partial charge in [0.25, 0.3) is 15.5 Å². The quantitative estimate of drug-likeness (QED) is 0.444. The number of alkyl halides is 2. The lowest BCUT2D eigenvalue weighted by Crippen LogP contribution is -2.01. The van der Waals surface area contributed by atoms with Crippen molar-refractivity contribution in [3.8, 4) is 0 Å². The summed E-state index contributed by atoms with van der Waals surface area (Å²) in [7, 11) is 0.931. The lowest BCUT2D eigenvalue weighted by Gasteiger charge is -2.06. The van der Waals surface area contributed by atoms with Crippen molar-refractivity contribution in [3.63, 3.8) is 0 Å². The van der Waals surface area contributed by atoms with E-state index in [-0.39, 0.29) is 3.57 Å². The van der Waals surface area contributed by atoms with Gasteiger partial charge in [-0.2, -0.15) is 0 Å². The number of rotatable bonds is 2. The summed E-state index contributed by atoms with van der Waals surface area (Å²) in [6.45, 7) is 0. The van der Waals surface area contributed by atoms with Crippen LogP contribution < -0.4 is 0 Å². The highest BCUT2D eigenvalue weighted by Gasteiger charge is 2.22. The fourth-order valence-electron chi connectivity index (χ4n) is 0.793. The van der Waals surface area contributed by atoms with Crippen LogP contribution in [-0.2, 0) is 9.05 Å². The summed E-state index contributed by atoms with van der Waals surface area (Å²) >= 11 is 6.96. The summed E-state index contributed by atoms with van der Waals surface area (Å²) in [5.41, 5.74) is -0.499. The molecule has 0 aromatic carbocycles. The van der Waals surface area contributed by atoms with Crippen LogP contribution in [0.3, 0.4) is 0 Å². The summed E-state index contributed by atoms with van der Waals surface area (Å²) < 4.78 is 46.6. The van der Waals surface area contributed by atoms with Crippen molar-refractivity contribution in [3.05, 3.63) is 20.4 Å². The van der Waals surface area contributed by atoms with Gasteiger partial charge < -0.3 is 0 Å². The number of hydrogen-bond acceptors (Lipinski definition) is 3. The fourth-order valence-corrected chi connectivity index (χ4v) is 2.97. The van der Waals surface area contributed by atoms with Crippen LogP contribution in [0.25, 0.3) is 0 Å². The summed E-state index contributed by atoms with van der Waals surface area (Å²) in [4.78, 5) is 3.29. The molecule has 0 saturated heterocycles. The zero-order valence-corrected chi connectivity index (χ0v) is 11.2. The Bertz CT molecular complexity index is 471. The summed E-state index contributed by atoms with van der Waals surface area (Å²) in [6, 6.07) is 0.941. The molecule has 0 spiro atoms. The maximum atomic E-state index is 12.4. The van der Waals surface area contributed by atoms with Crippen LogP contribution in [0.2, 0.25) is 5.15 Å². The molecule has 0 fully saturated rings. The van der Waals surface area contributed by atoms with Gasteiger partial charge in [0.05, 0.1) is 5.56 Å². The summed E-state index contributed by atoms with van der Waals surface area (Å²) in [5, 5.41) is -1.10. The molecular weight excluding hydrogens is 386 g/mol. The third-order valence-corrected chi connectivity index (χ3v) is 3.77. The predicted octanol–water partition coefficient (Wildman–Crippen LogP) is 3.20. The molecule has 1 aromatic heterocycles. The van der Waals surface area contributed by atoms with E-state index >= 15 is 0 Å². The van der Waals surface area contributed by atoms with Crippen LogP contribution >= 0.6 is 44.9 Å². The first-order valence-electron chi connectivity index (χ1n) is 3.32. The van der Waals surface area contributed by atoms with Crippen LogP contribution in [0.5, 0.6) is 0 Å². The van der Waals surface area contributed by atoms with E-state index in [1.54, 1.807) is 0 Å². The molecule has 1 rings (SSSR count). The van der Waals surface area contributed by atoms with Crippen molar-refractivity contribution in [1.82, 2.24) is 4.98 Å². The highest BCUT2D eigenvalue weighted by molar-refractivity contribution is 14.1. The van der Waals surface area contributed by atoms with Crippen LogP contribution in [0, 0.1) is 3.57 Å². The second kappa shape index (κ2) is 4.64. The number of nitrogens with zero attached hydrogens (tertiary/aromatic N) is 1. The lowest BCUT2D eigenvalue weighted by atomic mass is 10.3. The SMILES string of the molecule is O=S(=O)(Cl)c1cc(I)c(C(F)F)c(Cl)n1. The van der Waals surface area contributed by atoms with Crippen LogP contribution in [-0.4, -0.2) is 13.4 Å². The van der Waals surface area contributed by atoms with E-state index in [1.165, 1.54) is 22.6 Å². The smallest absolute Gasteiger partial charge is 0.223 e. The molecule has 1 heterocycles. The van der Waals surface area contributed by atoms with E-state index in [2.05, 4.69) is 4.98 Å². The molecule has 0 amide bonds. The third kappa shape index (κ3) is 3.11. The van der Waals surface area contributed by atoms with Gasteiger partial charge in [0.1, 0.15) is 5.15 Å². The minimum absolute atomic E-state index is 0.00169. The van der Waals surface area contributed by atoms with Gasteiger partial charge in [0.2, 0.25) is 0 Å². The molecule has 15 heavy (non-hydrogen) atoms. The van der Waals surface area contributed by atoms with E-state index in [9.17, 15) is 17.2 Å². The molecule has 0 atom stereocenters. The van der Waals surface area contributed by atoms with Gasteiger partial charge in [-0.15, -0.1) is 0 Å². The Morgan fingerprint density at radius 3 is 2.33 bits per heavy atom. The third-order valence-electron chi connectivity index (χ3n) is 1.41. The monoisotopic (exact) mass is 387 g/mol. The van der Waals surface area contributed by atoms with E-state index in [4.69, 9.17) is 22.3 Å². The van der Waals surface area contributed by atoms with Crippen molar-refractivity contribution in [2.75, 3.05) is 0 Å². The molecule has 0 aliphatic heterocycles. The van der Waals surface area contributed by atoms with E-state index in [1.807, 2.05) is 0 Å². The standard InChI is InChI=1S/C6H2Cl2F2INO2S/c7-5-4(6(9)10)2(11)1-3(12-5)15(8,13)14/h1,6H. The van der Waals surface area contributed by atoms with Crippen molar-refractivity contribution in [1.29, 1.82) is 0 Å². The second-order valence-corrected chi connectivity index (χ2v) is 6.42. The number of halogens is 5. The Kier molecular flexibility index (Phi) is 4.13. The van der Waals surface area contributed by atoms with Gasteiger partial charge >= 0.3 is 0 Å². The Hall–Kier alpha value is 0.270. The van der Waals surface area contributed by atoms with Crippen LogP contribution in [0.15, 0.2) is 11.1 Å². The van der Waals surface area contributed by atoms with E-state index in [0.29, 0.717) is 0 Å². The molecule has 0 aliphatic rings. The molecule has 1 aromatic rings. The molecule has 0 unspecified atom stereocenters. The molecular formula is C6H2Cl2F2INO2S. The Morgan fingerprint density at radius 1 is 1.47 bits per heavy atom. The molecule has 3 nitrogen and oxygen atoms in total. The molecule has 0 radical (unpaired) electrons. The van der Waals surface area contributed by atoms with E-state index in [0.717, 1.165) is 6.07 Å². The van der Waals surface area contributed by atoms with Crippen molar-refractivity contribution >= 4 is 53.9 Å². The molecule has 0 saturated carbocycles. The van der Waals surface area contributed by atoms with Gasteiger partial charge in [-0.3, -0.25) is 0 Å². The minimum Gasteiger partial charge on any atom is -0.223 e. The van der Waals surface area contributed by atoms with Gasteiger partial charge in [0.15, 0.2) is 5.03 Å². The van der Waals surface area contributed by atoms with Crippen LogP contribution in [0.1, 0.15) is 12.0 Å². The average Bonchev–Trinajstić information content (AvgIpc) is 1.99. The second-order valence-electron chi connectivity index (χ2n) is 2.39. The van der Waals surface area contributed by atoms with Gasteiger partial charge in [-0.05, 0) is 28.7 Å². The maximum Gasteiger partial charge on any atom is 0.278 e. The first-order chi connectivity index (χ1) is 6.73. The zero-order valence-electron chi connectivity index (χ0n) is 6.72. The number of hydrogen-bond donors (Lipinski definition) is 0. The highest BCUT2D eigenvalue weighted by Crippen LogP contribution is 2.32. The van der Waals surface area contributed by atoms with Crippen LogP contribution in [0.4, 0.5) is 8.78 Å². The largest absolute Gasteiger partial charge is 0.278 e. The maximum absolute atomic E-state index is 12.4. The predicted molar refractivity (Wildman–Crippen MR) is 60.0 cm³/mol. The number of pyridine rings is 1. The topological polar surface area (TPSA) is 47.0 Å². The van der Waals surface area contributed by atoms with Gasteiger partial charge in [-0.1, -0.05) is 11.6 Å². The molecule has 0 N–H and O–H groups in total. The summed E-state index contributed by atoms with van der Waals surface area (Å²) in [6.07, 6.45) is -2.82. The van der Waals surface area contributed by atoms with Gasteiger partial charge in [0, 0.05) is 14.3 Å². The highest BCUT2D eigenvalue weighted by atomic mass is 127. The lowest BCUT2D eigenvalue weighted by molar-refractivity contribution is 0.150. The van der Waals surface area contributed by atoms with Crippen molar-refractivity contribution in [2.24, 2.45) is 0 Å². The van der Waals surface area contributed by atoms with Crippen molar-refractivity contribution < 1.29 is 17.2 Å². The first kappa shape index (κ1) is 13.3. The zero-order chi connectivity index (χ0) is 11.8. The first-order valence-corrected chi connectivity index (χ1v) is 7.09.